The molecule has 0 radical (unpaired) electrons. The second-order valence-electron chi connectivity index (χ2n) is 11.5. The minimum absolute atomic E-state index is 0. The molecule has 2 aromatic heterocycles. The molecule has 0 spiro atoms. The summed E-state index contributed by atoms with van der Waals surface area (Å²) in [4.78, 5) is 16.0. The number of hydrogen-bond acceptors (Lipinski definition) is 8. The van der Waals surface area contributed by atoms with Crippen molar-refractivity contribution in [3.05, 3.63) is 53.7 Å². The number of alkyl halides is 2. The number of pyridine rings is 1. The van der Waals surface area contributed by atoms with Gasteiger partial charge < -0.3 is 24.7 Å². The van der Waals surface area contributed by atoms with Crippen molar-refractivity contribution in [3.63, 3.8) is 0 Å². The van der Waals surface area contributed by atoms with Crippen LogP contribution in [0.1, 0.15) is 24.8 Å². The predicted molar refractivity (Wildman–Crippen MR) is 155 cm³/mol. The maximum absolute atomic E-state index is 15.9. The fourth-order valence-electron chi connectivity index (χ4n) is 6.68. The van der Waals surface area contributed by atoms with Crippen LogP contribution in [0.15, 0.2) is 30.5 Å². The van der Waals surface area contributed by atoms with Crippen LogP contribution in [0.2, 0.25) is 0 Å². The second kappa shape index (κ2) is 12.6. The Balaban J connectivity index is 0.000000306. The molecule has 2 N–H and O–H groups in total. The number of rotatable bonds is 2. The van der Waals surface area contributed by atoms with E-state index in [1.165, 1.54) is 36.9 Å². The van der Waals surface area contributed by atoms with Crippen LogP contribution in [0, 0.1) is 67.1 Å². The standard InChI is InChI=1S/C25H17F3N4O3.C7H11FN.U/c1-2-13-17(26)4-3-11-7-12(33)8-14(18(11)13)21-20(28)22-15(9-29-21)24(31-25(34)30-22)32-5-6-35-10-16-19(27)23(16)32;8-6-4-7-2-1-3-9(7)5-6;/h1,3-4,7-9,16,19,23,33H,5-6,10H2,(H,30,31,34);6H,1-5H2;/q;-1;/t16-,19-,23-;6-;/m01./s1. The first-order valence-corrected chi connectivity index (χ1v) is 14.4. The Morgan fingerprint density at radius 3 is 2.71 bits per heavy atom. The molecule has 3 aliphatic heterocycles. The van der Waals surface area contributed by atoms with E-state index in [4.69, 9.17) is 11.2 Å². The monoisotopic (exact) mass is 844 g/mol. The minimum Gasteiger partial charge on any atom is -0.508 e. The summed E-state index contributed by atoms with van der Waals surface area (Å²) in [5, 5.41) is 21.2. The van der Waals surface area contributed by atoms with Gasteiger partial charge in [0, 0.05) is 60.7 Å². The smallest absolute Gasteiger partial charge is 0.316 e. The zero-order chi connectivity index (χ0) is 30.7. The molecule has 13 heteroatoms. The van der Waals surface area contributed by atoms with E-state index in [-0.39, 0.29) is 88.3 Å². The second-order valence-corrected chi connectivity index (χ2v) is 11.5. The maximum Gasteiger partial charge on any atom is 0.316 e. The summed E-state index contributed by atoms with van der Waals surface area (Å²) >= 11 is 0. The number of phenols is 1. The van der Waals surface area contributed by atoms with Crippen LogP contribution in [0.25, 0.3) is 32.9 Å². The number of hydrogen-bond donors (Lipinski definition) is 2. The molecule has 45 heavy (non-hydrogen) atoms. The number of nitrogens with zero attached hydrogens (tertiary/aromatic N) is 5. The van der Waals surface area contributed by atoms with Gasteiger partial charge in [0.05, 0.1) is 36.4 Å². The SMILES string of the molecule is C#Cc1c(F)ccc2cc(O)cc(-c3ncc4c(N5CCOC[C@H]6[C@H](F)[C@H]65)nc(O)nc4c3F)c12.F[C@@H]1C[C-]2CCCN2C1.[U]. The largest absolute Gasteiger partial charge is 0.508 e. The van der Waals surface area contributed by atoms with Gasteiger partial charge >= 0.3 is 6.01 Å². The molecule has 4 fully saturated rings. The molecular weight excluding hydrogens is 816 g/mol. The summed E-state index contributed by atoms with van der Waals surface area (Å²) in [7, 11) is 0. The molecule has 3 saturated heterocycles. The molecule has 4 atom stereocenters. The number of terminal acetylenes is 1. The normalized spacial score (nSPS) is 24.3. The van der Waals surface area contributed by atoms with Gasteiger partial charge in [0.2, 0.25) is 0 Å². The number of aromatic nitrogens is 3. The average Bonchev–Trinajstić information content (AvgIpc) is 3.30. The number of anilines is 1. The van der Waals surface area contributed by atoms with Crippen molar-refractivity contribution in [2.24, 2.45) is 5.92 Å². The molecule has 8 rings (SSSR count). The third kappa shape index (κ3) is 5.71. The van der Waals surface area contributed by atoms with Crippen LogP contribution in [-0.4, -0.2) is 81.3 Å². The zero-order valence-corrected chi connectivity index (χ0v) is 28.1. The zero-order valence-electron chi connectivity index (χ0n) is 24.0. The van der Waals surface area contributed by atoms with Crippen molar-refractivity contribution >= 4 is 27.5 Å². The molecule has 1 saturated carbocycles. The van der Waals surface area contributed by atoms with E-state index >= 15 is 4.39 Å². The number of aromatic hydroxyl groups is 2. The van der Waals surface area contributed by atoms with Gasteiger partial charge in [-0.1, -0.05) is 18.4 Å². The van der Waals surface area contributed by atoms with Gasteiger partial charge in [0.25, 0.3) is 0 Å². The van der Waals surface area contributed by atoms with E-state index in [2.05, 4.69) is 25.8 Å². The van der Waals surface area contributed by atoms with Gasteiger partial charge in [0.15, 0.2) is 5.82 Å². The predicted octanol–water partition coefficient (Wildman–Crippen LogP) is 5.04. The number of benzene rings is 2. The van der Waals surface area contributed by atoms with Gasteiger partial charge in [-0.15, -0.1) is 12.8 Å². The summed E-state index contributed by atoms with van der Waals surface area (Å²) in [5.41, 5.74) is -0.564. The van der Waals surface area contributed by atoms with Crippen LogP contribution >= 0.6 is 0 Å². The Labute approximate surface area is 280 Å². The molecule has 0 amide bonds. The van der Waals surface area contributed by atoms with E-state index in [0.29, 0.717) is 25.1 Å². The molecule has 4 aromatic rings. The minimum atomic E-state index is -1.13. The number of phenolic OH excluding ortho intramolecular Hbond substituents is 1. The van der Waals surface area contributed by atoms with Crippen molar-refractivity contribution < 1.29 is 63.6 Å². The van der Waals surface area contributed by atoms with Gasteiger partial charge in [-0.25, -0.2) is 23.6 Å². The summed E-state index contributed by atoms with van der Waals surface area (Å²) in [5.74, 6) is 0.267. The Morgan fingerprint density at radius 2 is 1.93 bits per heavy atom. The molecule has 1 aliphatic carbocycles. The summed E-state index contributed by atoms with van der Waals surface area (Å²) in [6, 6.07) is 5.35. The topological polar surface area (TPSA) is 94.8 Å². The van der Waals surface area contributed by atoms with Gasteiger partial charge in [-0.05, 0) is 36.7 Å². The van der Waals surface area contributed by atoms with Crippen molar-refractivity contribution in [2.75, 3.05) is 37.7 Å². The van der Waals surface area contributed by atoms with E-state index < -0.39 is 36.0 Å². The van der Waals surface area contributed by atoms with Crippen LogP contribution in [0.4, 0.5) is 23.4 Å². The number of fused-ring (bicyclic) bond motifs is 4. The first kappa shape index (κ1) is 31.8. The van der Waals surface area contributed by atoms with E-state index in [0.717, 1.165) is 25.5 Å². The van der Waals surface area contributed by atoms with Gasteiger partial charge in [-0.3, -0.25) is 4.98 Å². The van der Waals surface area contributed by atoms with Crippen molar-refractivity contribution in [1.82, 2.24) is 19.9 Å². The maximum atomic E-state index is 15.9. The van der Waals surface area contributed by atoms with Crippen molar-refractivity contribution in [1.29, 1.82) is 0 Å². The Kier molecular flexibility index (Phi) is 8.88. The van der Waals surface area contributed by atoms with Crippen molar-refractivity contribution in [2.45, 2.75) is 37.6 Å². The molecular formula is C32H28F4N5O3U-. The molecule has 0 unspecified atom stereocenters. The molecule has 2 aromatic carbocycles. The van der Waals surface area contributed by atoms with E-state index in [1.54, 1.807) is 4.90 Å². The van der Waals surface area contributed by atoms with Crippen LogP contribution < -0.4 is 4.90 Å². The average molecular weight is 845 g/mol. The molecule has 232 valence electrons. The molecule has 8 nitrogen and oxygen atoms in total. The molecule has 4 aliphatic rings. The summed E-state index contributed by atoms with van der Waals surface area (Å²) in [6.07, 6.45) is 8.28. The van der Waals surface area contributed by atoms with Gasteiger partial charge in [-0.2, -0.15) is 16.4 Å². The quantitative estimate of drug-likeness (QED) is 0.165. The molecule has 0 bridgehead atoms. The third-order valence-corrected chi connectivity index (χ3v) is 8.77. The Hall–Kier alpha value is -3.16. The first-order valence-electron chi connectivity index (χ1n) is 14.4. The van der Waals surface area contributed by atoms with E-state index in [1.807, 2.05) is 0 Å². The van der Waals surface area contributed by atoms with Crippen molar-refractivity contribution in [3.8, 4) is 35.4 Å². The number of ether oxygens (including phenoxy) is 1. The van der Waals surface area contributed by atoms with Gasteiger partial charge in [0.1, 0.15) is 34.8 Å². The third-order valence-electron chi connectivity index (χ3n) is 8.77. The van der Waals surface area contributed by atoms with Crippen LogP contribution in [0.3, 0.4) is 0 Å². The molecule has 5 heterocycles. The Morgan fingerprint density at radius 1 is 1.11 bits per heavy atom. The van der Waals surface area contributed by atoms with Crippen LogP contribution in [0.5, 0.6) is 11.8 Å². The summed E-state index contributed by atoms with van der Waals surface area (Å²) < 4.78 is 62.8. The van der Waals surface area contributed by atoms with Crippen LogP contribution in [-0.2, 0) is 4.74 Å². The fraction of sp³-hybridized carbons (Fsp3) is 0.375. The fourth-order valence-corrected chi connectivity index (χ4v) is 6.68. The van der Waals surface area contributed by atoms with E-state index in [9.17, 15) is 23.4 Å². The number of halogens is 4. The Bertz CT molecular complexity index is 1810. The summed E-state index contributed by atoms with van der Waals surface area (Å²) in [6.45, 7) is 2.66. The first-order chi connectivity index (χ1) is 21.2.